The van der Waals surface area contributed by atoms with Crippen LogP contribution in [0.2, 0.25) is 0 Å². The monoisotopic (exact) mass is 235 g/mol. The van der Waals surface area contributed by atoms with E-state index in [4.69, 9.17) is 4.74 Å². The fourth-order valence-corrected chi connectivity index (χ4v) is 2.76. The zero-order valence-electron chi connectivity index (χ0n) is 10.8. The summed E-state index contributed by atoms with van der Waals surface area (Å²) in [7, 11) is 1.71. The van der Waals surface area contributed by atoms with Crippen molar-refractivity contribution in [3.8, 4) is 5.75 Å². The quantitative estimate of drug-likeness (QED) is 0.869. The van der Waals surface area contributed by atoms with E-state index in [2.05, 4.69) is 17.9 Å². The predicted octanol–water partition coefficient (Wildman–Crippen LogP) is 2.39. The number of aliphatic hydroxyl groups is 1. The molecule has 1 aromatic rings. The lowest BCUT2D eigenvalue weighted by Gasteiger charge is -2.17. The number of rotatable bonds is 4. The molecule has 3 heteroatoms. The van der Waals surface area contributed by atoms with Crippen LogP contribution in [0.4, 0.5) is 5.69 Å². The fraction of sp³-hybridized carbons (Fsp3) is 0.571. The molecule has 1 aliphatic rings. The van der Waals surface area contributed by atoms with E-state index in [1.807, 2.05) is 19.1 Å². The lowest BCUT2D eigenvalue weighted by Crippen LogP contribution is -2.22. The highest BCUT2D eigenvalue weighted by molar-refractivity contribution is 5.65. The van der Waals surface area contributed by atoms with Gasteiger partial charge in [0.25, 0.3) is 0 Å². The van der Waals surface area contributed by atoms with Crippen LogP contribution < -0.4 is 9.64 Å². The lowest BCUT2D eigenvalue weighted by atomic mass is 9.95. The van der Waals surface area contributed by atoms with Crippen LogP contribution in [0.5, 0.6) is 5.75 Å². The molecular weight excluding hydrogens is 214 g/mol. The molecule has 2 unspecified atom stereocenters. The second kappa shape index (κ2) is 4.96. The number of ether oxygens (including phenoxy) is 1. The van der Waals surface area contributed by atoms with Gasteiger partial charge in [-0.3, -0.25) is 0 Å². The first-order valence-corrected chi connectivity index (χ1v) is 6.27. The Bertz CT molecular complexity index is 390. The van der Waals surface area contributed by atoms with Crippen molar-refractivity contribution in [2.45, 2.75) is 32.3 Å². The molecule has 0 aromatic heterocycles. The van der Waals surface area contributed by atoms with Crippen LogP contribution in [0.1, 0.15) is 31.7 Å². The minimum absolute atomic E-state index is 0.269. The van der Waals surface area contributed by atoms with Gasteiger partial charge in [-0.2, -0.15) is 0 Å². The van der Waals surface area contributed by atoms with E-state index < -0.39 is 0 Å². The first kappa shape index (κ1) is 12.2. The lowest BCUT2D eigenvalue weighted by molar-refractivity contribution is 0.175. The van der Waals surface area contributed by atoms with Gasteiger partial charge in [-0.05, 0) is 32.4 Å². The van der Waals surface area contributed by atoms with Gasteiger partial charge in [-0.15, -0.1) is 0 Å². The van der Waals surface area contributed by atoms with Gasteiger partial charge in [-0.1, -0.05) is 6.07 Å². The number of anilines is 1. The SMILES string of the molecule is CCN1CC(CC(C)O)c2c(OC)cccc21. The molecule has 0 fully saturated rings. The maximum atomic E-state index is 9.60. The Kier molecular flexibility index (Phi) is 3.57. The van der Waals surface area contributed by atoms with Crippen molar-refractivity contribution in [1.29, 1.82) is 0 Å². The molecule has 94 valence electrons. The van der Waals surface area contributed by atoms with Crippen molar-refractivity contribution in [2.24, 2.45) is 0 Å². The number of hydrogen-bond acceptors (Lipinski definition) is 3. The standard InChI is InChI=1S/C14H21NO2/c1-4-15-9-11(8-10(2)16)14-12(15)6-5-7-13(14)17-3/h5-7,10-11,16H,4,8-9H2,1-3H3. The Morgan fingerprint density at radius 1 is 1.53 bits per heavy atom. The van der Waals surface area contributed by atoms with Crippen molar-refractivity contribution in [1.82, 2.24) is 0 Å². The van der Waals surface area contributed by atoms with Gasteiger partial charge < -0.3 is 14.7 Å². The summed E-state index contributed by atoms with van der Waals surface area (Å²) in [5, 5.41) is 9.60. The van der Waals surface area contributed by atoms with Crippen molar-refractivity contribution in [2.75, 3.05) is 25.1 Å². The van der Waals surface area contributed by atoms with Crippen LogP contribution in [-0.4, -0.2) is 31.4 Å². The summed E-state index contributed by atoms with van der Waals surface area (Å²) in [6, 6.07) is 6.18. The first-order valence-electron chi connectivity index (χ1n) is 6.27. The summed E-state index contributed by atoms with van der Waals surface area (Å²) < 4.78 is 5.45. The molecule has 3 nitrogen and oxygen atoms in total. The Morgan fingerprint density at radius 2 is 2.29 bits per heavy atom. The average Bonchev–Trinajstić information content (AvgIpc) is 2.66. The Balaban J connectivity index is 2.38. The van der Waals surface area contributed by atoms with E-state index in [1.165, 1.54) is 11.3 Å². The van der Waals surface area contributed by atoms with Crippen LogP contribution in [0.3, 0.4) is 0 Å². The summed E-state index contributed by atoms with van der Waals surface area (Å²) in [6.07, 6.45) is 0.527. The summed E-state index contributed by atoms with van der Waals surface area (Å²) >= 11 is 0. The average molecular weight is 235 g/mol. The molecule has 0 saturated carbocycles. The maximum Gasteiger partial charge on any atom is 0.124 e. The van der Waals surface area contributed by atoms with E-state index in [1.54, 1.807) is 7.11 Å². The van der Waals surface area contributed by atoms with Crippen LogP contribution in [0, 0.1) is 0 Å². The number of benzene rings is 1. The summed E-state index contributed by atoms with van der Waals surface area (Å²) in [4.78, 5) is 2.35. The molecule has 2 atom stereocenters. The van der Waals surface area contributed by atoms with Crippen molar-refractivity contribution in [3.05, 3.63) is 23.8 Å². The third-order valence-electron chi connectivity index (χ3n) is 3.46. The van der Waals surface area contributed by atoms with Crippen molar-refractivity contribution < 1.29 is 9.84 Å². The van der Waals surface area contributed by atoms with Crippen LogP contribution >= 0.6 is 0 Å². The maximum absolute atomic E-state index is 9.60. The summed E-state index contributed by atoms with van der Waals surface area (Å²) in [5.41, 5.74) is 2.52. The third kappa shape index (κ3) is 2.25. The summed E-state index contributed by atoms with van der Waals surface area (Å²) in [5.74, 6) is 1.32. The van der Waals surface area contributed by atoms with Gasteiger partial charge in [0.1, 0.15) is 5.75 Å². The van der Waals surface area contributed by atoms with Crippen molar-refractivity contribution in [3.63, 3.8) is 0 Å². The number of methoxy groups -OCH3 is 1. The zero-order chi connectivity index (χ0) is 12.4. The molecule has 1 aromatic carbocycles. The molecule has 0 aliphatic carbocycles. The molecule has 1 aliphatic heterocycles. The van der Waals surface area contributed by atoms with Gasteiger partial charge in [0, 0.05) is 30.3 Å². The van der Waals surface area contributed by atoms with Crippen molar-refractivity contribution >= 4 is 5.69 Å². The Morgan fingerprint density at radius 3 is 2.88 bits per heavy atom. The Hall–Kier alpha value is -1.22. The number of nitrogens with zero attached hydrogens (tertiary/aromatic N) is 1. The molecule has 17 heavy (non-hydrogen) atoms. The molecule has 0 bridgehead atoms. The smallest absolute Gasteiger partial charge is 0.124 e. The van der Waals surface area contributed by atoms with Gasteiger partial charge in [0.15, 0.2) is 0 Å². The first-order chi connectivity index (χ1) is 8.17. The predicted molar refractivity (Wildman–Crippen MR) is 69.9 cm³/mol. The molecule has 1 N–H and O–H groups in total. The van der Waals surface area contributed by atoms with Gasteiger partial charge >= 0.3 is 0 Å². The highest BCUT2D eigenvalue weighted by Crippen LogP contribution is 2.43. The number of aliphatic hydroxyl groups excluding tert-OH is 1. The second-order valence-electron chi connectivity index (χ2n) is 4.71. The molecular formula is C14H21NO2. The highest BCUT2D eigenvalue weighted by Gasteiger charge is 2.31. The number of fused-ring (bicyclic) bond motifs is 1. The normalized spacial score (nSPS) is 20.2. The van der Waals surface area contributed by atoms with Gasteiger partial charge in [0.05, 0.1) is 13.2 Å². The number of likely N-dealkylation sites (N-methyl/N-ethyl adjacent to an activating group) is 1. The van der Waals surface area contributed by atoms with E-state index in [9.17, 15) is 5.11 Å². The topological polar surface area (TPSA) is 32.7 Å². The van der Waals surface area contributed by atoms with E-state index in [0.717, 1.165) is 25.3 Å². The molecule has 0 spiro atoms. The minimum atomic E-state index is -0.269. The largest absolute Gasteiger partial charge is 0.496 e. The number of hydrogen-bond donors (Lipinski definition) is 1. The molecule has 1 heterocycles. The van der Waals surface area contributed by atoms with Crippen LogP contribution in [-0.2, 0) is 0 Å². The third-order valence-corrected chi connectivity index (χ3v) is 3.46. The van der Waals surface area contributed by atoms with E-state index in [0.29, 0.717) is 5.92 Å². The van der Waals surface area contributed by atoms with Gasteiger partial charge in [0.2, 0.25) is 0 Å². The van der Waals surface area contributed by atoms with E-state index >= 15 is 0 Å². The van der Waals surface area contributed by atoms with Gasteiger partial charge in [-0.25, -0.2) is 0 Å². The highest BCUT2D eigenvalue weighted by atomic mass is 16.5. The Labute approximate surface area is 103 Å². The van der Waals surface area contributed by atoms with Crippen LogP contribution in [0.25, 0.3) is 0 Å². The zero-order valence-corrected chi connectivity index (χ0v) is 10.8. The fourth-order valence-electron chi connectivity index (χ4n) is 2.76. The van der Waals surface area contributed by atoms with E-state index in [-0.39, 0.29) is 6.10 Å². The molecule has 0 amide bonds. The molecule has 0 radical (unpaired) electrons. The second-order valence-corrected chi connectivity index (χ2v) is 4.71. The molecule has 2 rings (SSSR count). The minimum Gasteiger partial charge on any atom is -0.496 e. The molecule has 0 saturated heterocycles. The summed E-state index contributed by atoms with van der Waals surface area (Å²) in [6.45, 7) is 5.99. The van der Waals surface area contributed by atoms with Crippen LogP contribution in [0.15, 0.2) is 18.2 Å².